The Morgan fingerprint density at radius 3 is 3.27 bits per heavy atom. The zero-order chi connectivity index (χ0) is 7.84. The average molecular weight is 167 g/mol. The second kappa shape index (κ2) is 2.61. The standard InChI is InChI=1S/C9H13NS/c1-7-8-4-6-11-9(8)3-5-10(7)2/h4,6-7H,3,5H2,1-2H3. The largest absolute Gasteiger partial charge is 0.299 e. The van der Waals surface area contributed by atoms with Crippen molar-refractivity contribution < 1.29 is 0 Å². The highest BCUT2D eigenvalue weighted by atomic mass is 32.1. The smallest absolute Gasteiger partial charge is 0.0327 e. The minimum absolute atomic E-state index is 0.630. The molecule has 0 N–H and O–H groups in total. The lowest BCUT2D eigenvalue weighted by molar-refractivity contribution is 0.250. The minimum Gasteiger partial charge on any atom is -0.299 e. The first-order valence-corrected chi connectivity index (χ1v) is 4.93. The predicted molar refractivity (Wildman–Crippen MR) is 49.1 cm³/mol. The van der Waals surface area contributed by atoms with Crippen LogP contribution in [0.1, 0.15) is 23.4 Å². The molecular formula is C9H13NS. The predicted octanol–water partition coefficient (Wildman–Crippen LogP) is 2.30. The summed E-state index contributed by atoms with van der Waals surface area (Å²) in [5, 5.41) is 2.21. The molecule has 0 saturated heterocycles. The molecule has 11 heavy (non-hydrogen) atoms. The van der Waals surface area contributed by atoms with Gasteiger partial charge in [-0.3, -0.25) is 4.90 Å². The third-order valence-corrected chi connectivity index (χ3v) is 3.58. The SMILES string of the molecule is CC1c2ccsc2CCN1C. The van der Waals surface area contributed by atoms with E-state index < -0.39 is 0 Å². The molecule has 0 radical (unpaired) electrons. The van der Waals surface area contributed by atoms with Gasteiger partial charge in [0.1, 0.15) is 0 Å². The maximum Gasteiger partial charge on any atom is 0.0327 e. The third kappa shape index (κ3) is 1.10. The summed E-state index contributed by atoms with van der Waals surface area (Å²) in [7, 11) is 2.20. The lowest BCUT2D eigenvalue weighted by Crippen LogP contribution is -2.29. The number of hydrogen-bond donors (Lipinski definition) is 0. The van der Waals surface area contributed by atoms with E-state index >= 15 is 0 Å². The van der Waals surface area contributed by atoms with Gasteiger partial charge in [-0.25, -0.2) is 0 Å². The van der Waals surface area contributed by atoms with Crippen molar-refractivity contribution in [2.45, 2.75) is 19.4 Å². The highest BCUT2D eigenvalue weighted by Gasteiger charge is 2.20. The number of fused-ring (bicyclic) bond motifs is 1. The first-order chi connectivity index (χ1) is 5.29. The van der Waals surface area contributed by atoms with Gasteiger partial charge in [0, 0.05) is 17.5 Å². The second-order valence-corrected chi connectivity index (χ2v) is 4.21. The van der Waals surface area contributed by atoms with Crippen molar-refractivity contribution in [3.63, 3.8) is 0 Å². The Morgan fingerprint density at radius 1 is 1.64 bits per heavy atom. The Hall–Kier alpha value is -0.340. The van der Waals surface area contributed by atoms with Gasteiger partial charge in [0.05, 0.1) is 0 Å². The van der Waals surface area contributed by atoms with E-state index in [1.807, 2.05) is 11.3 Å². The van der Waals surface area contributed by atoms with Crippen LogP contribution in [0, 0.1) is 0 Å². The number of hydrogen-bond acceptors (Lipinski definition) is 2. The summed E-state index contributed by atoms with van der Waals surface area (Å²) in [6.07, 6.45) is 1.24. The van der Waals surface area contributed by atoms with E-state index in [2.05, 4.69) is 30.3 Å². The summed E-state index contributed by atoms with van der Waals surface area (Å²) in [5.74, 6) is 0. The third-order valence-electron chi connectivity index (χ3n) is 2.58. The zero-order valence-electron chi connectivity index (χ0n) is 7.00. The first-order valence-electron chi connectivity index (χ1n) is 4.05. The molecule has 1 nitrogen and oxygen atoms in total. The van der Waals surface area contributed by atoms with Crippen LogP contribution in [-0.4, -0.2) is 18.5 Å². The monoisotopic (exact) mass is 167 g/mol. The molecule has 0 aliphatic carbocycles. The van der Waals surface area contributed by atoms with Gasteiger partial charge >= 0.3 is 0 Å². The van der Waals surface area contributed by atoms with Crippen LogP contribution in [-0.2, 0) is 6.42 Å². The minimum atomic E-state index is 0.630. The molecule has 0 saturated carbocycles. The maximum atomic E-state index is 2.41. The van der Waals surface area contributed by atoms with E-state index in [0.717, 1.165) is 0 Å². The average Bonchev–Trinajstić information content (AvgIpc) is 2.45. The van der Waals surface area contributed by atoms with E-state index in [1.54, 1.807) is 10.4 Å². The van der Waals surface area contributed by atoms with Gasteiger partial charge in [-0.05, 0) is 37.4 Å². The van der Waals surface area contributed by atoms with E-state index in [-0.39, 0.29) is 0 Å². The molecule has 0 fully saturated rings. The van der Waals surface area contributed by atoms with Crippen molar-refractivity contribution in [3.05, 3.63) is 21.9 Å². The van der Waals surface area contributed by atoms with Crippen molar-refractivity contribution >= 4 is 11.3 Å². The van der Waals surface area contributed by atoms with Crippen LogP contribution in [0.15, 0.2) is 11.4 Å². The molecule has 2 heteroatoms. The molecule has 0 aromatic carbocycles. The lowest BCUT2D eigenvalue weighted by atomic mass is 10.0. The maximum absolute atomic E-state index is 2.41. The molecule has 1 aromatic heterocycles. The fourth-order valence-electron chi connectivity index (χ4n) is 1.63. The number of rotatable bonds is 0. The number of nitrogens with zero attached hydrogens (tertiary/aromatic N) is 1. The molecule has 1 unspecified atom stereocenters. The second-order valence-electron chi connectivity index (χ2n) is 3.21. The van der Waals surface area contributed by atoms with Crippen molar-refractivity contribution in [1.29, 1.82) is 0 Å². The summed E-state index contributed by atoms with van der Waals surface area (Å²) >= 11 is 1.90. The molecule has 0 spiro atoms. The topological polar surface area (TPSA) is 3.24 Å². The summed E-state index contributed by atoms with van der Waals surface area (Å²) < 4.78 is 0. The molecule has 1 aromatic rings. The molecule has 60 valence electrons. The van der Waals surface area contributed by atoms with Gasteiger partial charge in [-0.1, -0.05) is 0 Å². The van der Waals surface area contributed by atoms with E-state index in [9.17, 15) is 0 Å². The Morgan fingerprint density at radius 2 is 2.45 bits per heavy atom. The summed E-state index contributed by atoms with van der Waals surface area (Å²) in [6.45, 7) is 3.50. The Balaban J connectivity index is 2.38. The Labute approximate surface area is 71.7 Å². The van der Waals surface area contributed by atoms with Crippen LogP contribution < -0.4 is 0 Å². The molecule has 1 aliphatic heterocycles. The first kappa shape index (κ1) is 7.32. The molecule has 2 heterocycles. The van der Waals surface area contributed by atoms with Crippen LogP contribution >= 0.6 is 11.3 Å². The van der Waals surface area contributed by atoms with Gasteiger partial charge in [0.25, 0.3) is 0 Å². The highest BCUT2D eigenvalue weighted by Crippen LogP contribution is 2.31. The van der Waals surface area contributed by atoms with Crippen LogP contribution in [0.5, 0.6) is 0 Å². The van der Waals surface area contributed by atoms with Gasteiger partial charge in [-0.2, -0.15) is 0 Å². The van der Waals surface area contributed by atoms with Gasteiger partial charge < -0.3 is 0 Å². The van der Waals surface area contributed by atoms with E-state index in [0.29, 0.717) is 6.04 Å². The lowest BCUT2D eigenvalue weighted by Gasteiger charge is -2.29. The molecule has 0 amide bonds. The summed E-state index contributed by atoms with van der Waals surface area (Å²) in [6, 6.07) is 2.89. The summed E-state index contributed by atoms with van der Waals surface area (Å²) in [4.78, 5) is 4.00. The van der Waals surface area contributed by atoms with Crippen LogP contribution in [0.3, 0.4) is 0 Å². The Kier molecular flexibility index (Phi) is 1.74. The van der Waals surface area contributed by atoms with Crippen molar-refractivity contribution in [2.75, 3.05) is 13.6 Å². The molecular weight excluding hydrogens is 154 g/mol. The van der Waals surface area contributed by atoms with Crippen molar-refractivity contribution in [2.24, 2.45) is 0 Å². The van der Waals surface area contributed by atoms with Crippen molar-refractivity contribution in [1.82, 2.24) is 4.90 Å². The Bertz CT molecular complexity index is 254. The van der Waals surface area contributed by atoms with Gasteiger partial charge in [0.2, 0.25) is 0 Å². The molecule has 2 rings (SSSR count). The number of likely N-dealkylation sites (N-methyl/N-ethyl adjacent to an activating group) is 1. The molecule has 0 bridgehead atoms. The van der Waals surface area contributed by atoms with E-state index in [1.165, 1.54) is 13.0 Å². The quantitative estimate of drug-likeness (QED) is 0.573. The van der Waals surface area contributed by atoms with E-state index in [4.69, 9.17) is 0 Å². The van der Waals surface area contributed by atoms with Gasteiger partial charge in [0.15, 0.2) is 0 Å². The molecule has 1 aliphatic rings. The fourth-order valence-corrected chi connectivity index (χ4v) is 2.60. The van der Waals surface area contributed by atoms with Crippen molar-refractivity contribution in [3.8, 4) is 0 Å². The normalized spacial score (nSPS) is 25.1. The van der Waals surface area contributed by atoms with Crippen LogP contribution in [0.2, 0.25) is 0 Å². The van der Waals surface area contributed by atoms with Gasteiger partial charge in [-0.15, -0.1) is 11.3 Å². The number of thiophene rings is 1. The van der Waals surface area contributed by atoms with Crippen LogP contribution in [0.4, 0.5) is 0 Å². The summed E-state index contributed by atoms with van der Waals surface area (Å²) in [5.41, 5.74) is 1.55. The zero-order valence-corrected chi connectivity index (χ0v) is 7.82. The molecule has 1 atom stereocenters. The van der Waals surface area contributed by atoms with Crippen LogP contribution in [0.25, 0.3) is 0 Å². The highest BCUT2D eigenvalue weighted by molar-refractivity contribution is 7.10. The fraction of sp³-hybridized carbons (Fsp3) is 0.556.